The molecule has 1 amide bonds. The van der Waals surface area contributed by atoms with Crippen LogP contribution >= 0.6 is 34.4 Å². The Bertz CT molecular complexity index is 980. The van der Waals surface area contributed by atoms with E-state index in [4.69, 9.17) is 5.26 Å². The lowest BCUT2D eigenvalue weighted by Crippen LogP contribution is -2.20. The van der Waals surface area contributed by atoms with Crippen LogP contribution in [0.4, 0.5) is 5.00 Å². The quantitative estimate of drug-likeness (QED) is 0.569. The molecule has 0 atom stereocenters. The van der Waals surface area contributed by atoms with E-state index >= 15 is 0 Å². The van der Waals surface area contributed by atoms with Gasteiger partial charge < -0.3 is 5.32 Å². The zero-order valence-electron chi connectivity index (χ0n) is 11.9. The van der Waals surface area contributed by atoms with E-state index in [0.29, 0.717) is 25.9 Å². The number of amides is 1. The maximum Gasteiger partial charge on any atom is 0.262 e. The van der Waals surface area contributed by atoms with Crippen molar-refractivity contribution in [3.05, 3.63) is 38.8 Å². The number of aromatic nitrogens is 2. The number of nitrogens with one attached hydrogen (secondary N) is 1. The van der Waals surface area contributed by atoms with Gasteiger partial charge in [-0.1, -0.05) is 11.8 Å². The molecule has 0 spiro atoms. The normalized spacial score (nSPS) is 10.6. The van der Waals surface area contributed by atoms with Gasteiger partial charge in [0.1, 0.15) is 15.9 Å². The number of thiophene rings is 2. The van der Waals surface area contributed by atoms with Crippen molar-refractivity contribution in [3.63, 3.8) is 0 Å². The number of hydrogen-bond donors (Lipinski definition) is 1. The van der Waals surface area contributed by atoms with Crippen LogP contribution in [-0.2, 0) is 11.8 Å². The first-order valence-electron chi connectivity index (χ1n) is 6.44. The molecule has 23 heavy (non-hydrogen) atoms. The Kier molecular flexibility index (Phi) is 4.47. The second-order valence-corrected chi connectivity index (χ2v) is 7.26. The molecule has 116 valence electrons. The SMILES string of the molecule is Cn1c(SCC(=O)Nc2sccc2C#N)nc2sccc2c1=O. The molecule has 0 fully saturated rings. The van der Waals surface area contributed by atoms with Crippen LogP contribution in [0.5, 0.6) is 0 Å². The third-order valence-electron chi connectivity index (χ3n) is 3.03. The van der Waals surface area contributed by atoms with Gasteiger partial charge >= 0.3 is 0 Å². The molecule has 0 aromatic carbocycles. The maximum absolute atomic E-state index is 12.2. The van der Waals surface area contributed by atoms with Gasteiger partial charge in [-0.15, -0.1) is 22.7 Å². The zero-order valence-corrected chi connectivity index (χ0v) is 14.3. The summed E-state index contributed by atoms with van der Waals surface area (Å²) in [6, 6.07) is 5.42. The Morgan fingerprint density at radius 3 is 3.00 bits per heavy atom. The van der Waals surface area contributed by atoms with Gasteiger partial charge in [0.25, 0.3) is 5.56 Å². The van der Waals surface area contributed by atoms with Crippen LogP contribution in [-0.4, -0.2) is 21.2 Å². The van der Waals surface area contributed by atoms with Crippen molar-refractivity contribution in [2.45, 2.75) is 5.16 Å². The van der Waals surface area contributed by atoms with E-state index in [1.54, 1.807) is 24.6 Å². The Labute approximate surface area is 143 Å². The van der Waals surface area contributed by atoms with Crippen LogP contribution in [0.15, 0.2) is 32.8 Å². The first-order valence-corrected chi connectivity index (χ1v) is 9.19. The van der Waals surface area contributed by atoms with Crippen LogP contribution in [0, 0.1) is 11.3 Å². The summed E-state index contributed by atoms with van der Waals surface area (Å²) in [7, 11) is 1.64. The molecule has 0 aliphatic carbocycles. The average Bonchev–Trinajstić information content (AvgIpc) is 3.18. The third kappa shape index (κ3) is 3.14. The molecular weight excluding hydrogens is 352 g/mol. The van der Waals surface area contributed by atoms with Gasteiger partial charge in [0, 0.05) is 7.05 Å². The van der Waals surface area contributed by atoms with Crippen LogP contribution in [0.2, 0.25) is 0 Å². The molecule has 0 saturated heterocycles. The molecule has 0 aliphatic rings. The maximum atomic E-state index is 12.2. The fourth-order valence-electron chi connectivity index (χ4n) is 1.90. The van der Waals surface area contributed by atoms with Gasteiger partial charge in [-0.25, -0.2) is 4.98 Å². The highest BCUT2D eigenvalue weighted by Crippen LogP contribution is 2.24. The fraction of sp³-hybridized carbons (Fsp3) is 0.143. The molecular formula is C14H10N4O2S3. The van der Waals surface area contributed by atoms with Gasteiger partial charge in [0.2, 0.25) is 5.91 Å². The minimum absolute atomic E-state index is 0.111. The summed E-state index contributed by atoms with van der Waals surface area (Å²) >= 11 is 3.89. The minimum Gasteiger partial charge on any atom is -0.316 e. The molecule has 0 radical (unpaired) electrons. The average molecular weight is 362 g/mol. The number of nitriles is 1. The smallest absolute Gasteiger partial charge is 0.262 e. The van der Waals surface area contributed by atoms with E-state index in [9.17, 15) is 9.59 Å². The van der Waals surface area contributed by atoms with E-state index in [0.717, 1.165) is 0 Å². The van der Waals surface area contributed by atoms with Gasteiger partial charge in [-0.3, -0.25) is 14.2 Å². The second-order valence-electron chi connectivity index (χ2n) is 4.51. The van der Waals surface area contributed by atoms with Crippen molar-refractivity contribution in [2.75, 3.05) is 11.1 Å². The first kappa shape index (κ1) is 15.7. The number of thioether (sulfide) groups is 1. The zero-order chi connectivity index (χ0) is 16.4. The molecule has 1 N–H and O–H groups in total. The number of carbonyl (C=O) groups excluding carboxylic acids is 1. The van der Waals surface area contributed by atoms with Crippen molar-refractivity contribution in [1.82, 2.24) is 9.55 Å². The topological polar surface area (TPSA) is 87.8 Å². The van der Waals surface area contributed by atoms with E-state index in [-0.39, 0.29) is 17.2 Å². The molecule has 3 aromatic heterocycles. The molecule has 0 unspecified atom stereocenters. The van der Waals surface area contributed by atoms with E-state index in [1.165, 1.54) is 39.0 Å². The Hall–Kier alpha value is -2.15. The number of rotatable bonds is 4. The summed E-state index contributed by atoms with van der Waals surface area (Å²) in [5, 5.41) is 16.8. The number of hydrogen-bond acceptors (Lipinski definition) is 7. The molecule has 3 aromatic rings. The second kappa shape index (κ2) is 6.54. The number of carbonyl (C=O) groups is 1. The van der Waals surface area contributed by atoms with Crippen LogP contribution in [0.25, 0.3) is 10.2 Å². The van der Waals surface area contributed by atoms with Gasteiger partial charge in [0.15, 0.2) is 5.16 Å². The monoisotopic (exact) mass is 362 g/mol. The summed E-state index contributed by atoms with van der Waals surface area (Å²) in [6.45, 7) is 0. The van der Waals surface area contributed by atoms with E-state index in [2.05, 4.69) is 10.3 Å². The van der Waals surface area contributed by atoms with Gasteiger partial charge in [-0.2, -0.15) is 5.26 Å². The lowest BCUT2D eigenvalue weighted by molar-refractivity contribution is -0.113. The van der Waals surface area contributed by atoms with Crippen molar-refractivity contribution in [3.8, 4) is 6.07 Å². The minimum atomic E-state index is -0.241. The number of anilines is 1. The van der Waals surface area contributed by atoms with Gasteiger partial charge in [0.05, 0.1) is 16.7 Å². The summed E-state index contributed by atoms with van der Waals surface area (Å²) in [5.41, 5.74) is 0.322. The predicted molar refractivity (Wildman–Crippen MR) is 93.2 cm³/mol. The first-order chi connectivity index (χ1) is 11.1. The summed E-state index contributed by atoms with van der Waals surface area (Å²) < 4.78 is 1.44. The van der Waals surface area contributed by atoms with Crippen molar-refractivity contribution in [1.29, 1.82) is 5.26 Å². The highest BCUT2D eigenvalue weighted by atomic mass is 32.2. The van der Waals surface area contributed by atoms with Crippen LogP contribution < -0.4 is 10.9 Å². The van der Waals surface area contributed by atoms with E-state index < -0.39 is 0 Å². The lowest BCUT2D eigenvalue weighted by Gasteiger charge is -2.07. The summed E-state index contributed by atoms with van der Waals surface area (Å²) in [5.74, 6) is -0.130. The molecule has 0 aliphatic heterocycles. The number of fused-ring (bicyclic) bond motifs is 1. The Morgan fingerprint density at radius 1 is 1.43 bits per heavy atom. The Morgan fingerprint density at radius 2 is 2.22 bits per heavy atom. The van der Waals surface area contributed by atoms with E-state index in [1.807, 2.05) is 11.4 Å². The molecule has 6 nitrogen and oxygen atoms in total. The van der Waals surface area contributed by atoms with Crippen molar-refractivity contribution < 1.29 is 4.79 Å². The molecule has 9 heteroatoms. The van der Waals surface area contributed by atoms with Crippen LogP contribution in [0.3, 0.4) is 0 Å². The fourth-order valence-corrected chi connectivity index (χ4v) is 4.23. The summed E-state index contributed by atoms with van der Waals surface area (Å²) in [6.07, 6.45) is 0. The molecule has 0 saturated carbocycles. The van der Waals surface area contributed by atoms with Crippen molar-refractivity contribution >= 4 is 55.6 Å². The highest BCUT2D eigenvalue weighted by Gasteiger charge is 2.13. The molecule has 3 heterocycles. The number of nitrogens with zero attached hydrogens (tertiary/aromatic N) is 3. The molecule has 0 bridgehead atoms. The lowest BCUT2D eigenvalue weighted by atomic mass is 10.3. The standard InChI is InChI=1S/C14H10N4O2S3/c1-18-13(20)9-3-5-22-12(9)17-14(18)23-7-10(19)16-11-8(6-15)2-4-21-11/h2-5H,7H2,1H3,(H,16,19). The predicted octanol–water partition coefficient (Wildman–Crippen LogP) is 2.66. The highest BCUT2D eigenvalue weighted by molar-refractivity contribution is 7.99. The van der Waals surface area contributed by atoms with Gasteiger partial charge in [-0.05, 0) is 22.9 Å². The Balaban J connectivity index is 1.73. The van der Waals surface area contributed by atoms with Crippen molar-refractivity contribution in [2.24, 2.45) is 7.05 Å². The summed E-state index contributed by atoms with van der Waals surface area (Å²) in [4.78, 5) is 29.3. The molecule has 3 rings (SSSR count). The van der Waals surface area contributed by atoms with Crippen LogP contribution in [0.1, 0.15) is 5.56 Å². The third-order valence-corrected chi connectivity index (χ3v) is 5.70. The largest absolute Gasteiger partial charge is 0.316 e.